The van der Waals surface area contributed by atoms with Crippen molar-refractivity contribution < 1.29 is 19.0 Å². The van der Waals surface area contributed by atoms with Crippen LogP contribution in [0.4, 0.5) is 4.39 Å². The van der Waals surface area contributed by atoms with Gasteiger partial charge in [-0.2, -0.15) is 0 Å². The molecule has 2 N–H and O–H groups in total. The van der Waals surface area contributed by atoms with Gasteiger partial charge in [-0.1, -0.05) is 6.08 Å². The Morgan fingerprint density at radius 1 is 1.29 bits per heavy atom. The van der Waals surface area contributed by atoms with Crippen molar-refractivity contribution >= 4 is 34.2 Å². The molecule has 7 heteroatoms. The lowest BCUT2D eigenvalue weighted by molar-refractivity contribution is 0.0527. The summed E-state index contributed by atoms with van der Waals surface area (Å²) in [7, 11) is 1.92. The lowest BCUT2D eigenvalue weighted by Gasteiger charge is -2.16. The van der Waals surface area contributed by atoms with Gasteiger partial charge in [-0.3, -0.25) is 0 Å². The number of phenols is 1. The number of carbonyl (C=O) groups excluding carboxylic acids is 1. The predicted octanol–water partition coefficient (Wildman–Crippen LogP) is 4.87. The number of hydrogen-bond donors (Lipinski definition) is 2. The molecule has 2 aromatic carbocycles. The van der Waals surface area contributed by atoms with Gasteiger partial charge in [-0.05, 0) is 61.9 Å². The van der Waals surface area contributed by atoms with Crippen LogP contribution in [0.15, 0.2) is 47.4 Å². The lowest BCUT2D eigenvalue weighted by atomic mass is 9.97. The number of aromatic nitrogens is 1. The third-order valence-electron chi connectivity index (χ3n) is 5.52. The van der Waals surface area contributed by atoms with Gasteiger partial charge in [0.25, 0.3) is 0 Å². The molecule has 4 rings (SSSR count). The highest BCUT2D eigenvalue weighted by molar-refractivity contribution is 7.98. The summed E-state index contributed by atoms with van der Waals surface area (Å²) in [6, 6.07) is 9.92. The van der Waals surface area contributed by atoms with Crippen molar-refractivity contribution in [2.45, 2.75) is 24.0 Å². The van der Waals surface area contributed by atoms with Crippen molar-refractivity contribution in [3.8, 4) is 5.75 Å². The largest absolute Gasteiger partial charge is 0.507 e. The summed E-state index contributed by atoms with van der Waals surface area (Å²) in [5, 5.41) is 14.7. The number of aryl methyl sites for hydroxylation is 1. The molecule has 162 valence electrons. The van der Waals surface area contributed by atoms with Gasteiger partial charge in [0.2, 0.25) is 0 Å². The maximum absolute atomic E-state index is 13.2. The summed E-state index contributed by atoms with van der Waals surface area (Å²) in [6.45, 7) is 3.68. The SMILES string of the molecule is CCOC(=O)c1c(CSc2ccc(F)cc2)n(C)c2cc(C3=CCNCC3)c(O)cc12. The number of esters is 1. The van der Waals surface area contributed by atoms with Crippen molar-refractivity contribution in [3.63, 3.8) is 0 Å². The monoisotopic (exact) mass is 440 g/mol. The molecule has 0 fully saturated rings. The number of thioether (sulfide) groups is 1. The van der Waals surface area contributed by atoms with E-state index in [-0.39, 0.29) is 18.2 Å². The first-order valence-electron chi connectivity index (χ1n) is 10.3. The molecule has 0 saturated carbocycles. The van der Waals surface area contributed by atoms with Crippen LogP contribution < -0.4 is 5.32 Å². The first-order valence-corrected chi connectivity index (χ1v) is 11.3. The van der Waals surface area contributed by atoms with E-state index in [9.17, 15) is 14.3 Å². The number of ether oxygens (including phenoxy) is 1. The van der Waals surface area contributed by atoms with Gasteiger partial charge in [-0.15, -0.1) is 11.8 Å². The lowest BCUT2D eigenvalue weighted by Crippen LogP contribution is -2.20. The minimum atomic E-state index is -0.406. The van der Waals surface area contributed by atoms with Crippen LogP contribution >= 0.6 is 11.8 Å². The normalized spacial score (nSPS) is 14.0. The highest BCUT2D eigenvalue weighted by atomic mass is 32.2. The number of fused-ring (bicyclic) bond motifs is 1. The van der Waals surface area contributed by atoms with Gasteiger partial charge >= 0.3 is 5.97 Å². The second kappa shape index (κ2) is 9.16. The fraction of sp³-hybridized carbons (Fsp3) is 0.292. The fourth-order valence-corrected chi connectivity index (χ4v) is 4.90. The molecular weight excluding hydrogens is 415 g/mol. The van der Waals surface area contributed by atoms with E-state index in [2.05, 4.69) is 11.4 Å². The van der Waals surface area contributed by atoms with Gasteiger partial charge in [0.1, 0.15) is 11.6 Å². The number of carbonyl (C=O) groups is 1. The molecule has 0 aliphatic carbocycles. The third-order valence-corrected chi connectivity index (χ3v) is 6.54. The Kier molecular flexibility index (Phi) is 6.34. The van der Waals surface area contributed by atoms with E-state index in [1.807, 2.05) is 17.7 Å². The van der Waals surface area contributed by atoms with E-state index in [4.69, 9.17) is 4.74 Å². The van der Waals surface area contributed by atoms with Crippen LogP contribution in [0.3, 0.4) is 0 Å². The molecule has 0 spiro atoms. The van der Waals surface area contributed by atoms with E-state index in [0.29, 0.717) is 16.7 Å². The van der Waals surface area contributed by atoms with Crippen molar-refractivity contribution in [2.24, 2.45) is 7.05 Å². The number of hydrogen-bond acceptors (Lipinski definition) is 5. The quantitative estimate of drug-likeness (QED) is 0.423. The summed E-state index contributed by atoms with van der Waals surface area (Å²) < 4.78 is 20.6. The molecule has 0 atom stereocenters. The standard InChI is InChI=1S/C24H25FN2O3S/c1-3-30-24(29)23-19-13-22(28)18(15-8-10-26-11-9-15)12-20(19)27(2)21(23)14-31-17-6-4-16(25)5-7-17/h4-8,12-13,26,28H,3,9-11,14H2,1-2H3. The number of aromatic hydroxyl groups is 1. The Morgan fingerprint density at radius 3 is 2.74 bits per heavy atom. The van der Waals surface area contributed by atoms with Gasteiger partial charge in [-0.25, -0.2) is 9.18 Å². The molecule has 1 aliphatic heterocycles. The smallest absolute Gasteiger partial charge is 0.340 e. The average molecular weight is 441 g/mol. The van der Waals surface area contributed by atoms with Crippen LogP contribution in [0.1, 0.15) is 35.0 Å². The highest BCUT2D eigenvalue weighted by Gasteiger charge is 2.24. The summed E-state index contributed by atoms with van der Waals surface area (Å²) in [5.41, 5.74) is 4.03. The average Bonchev–Trinajstić information content (AvgIpc) is 3.04. The molecule has 1 aliphatic rings. The zero-order valence-corrected chi connectivity index (χ0v) is 18.4. The number of benzene rings is 2. The number of halogens is 1. The first kappa shape index (κ1) is 21.5. The zero-order valence-electron chi connectivity index (χ0n) is 17.6. The van der Waals surface area contributed by atoms with E-state index >= 15 is 0 Å². The van der Waals surface area contributed by atoms with Crippen molar-refractivity contribution in [1.29, 1.82) is 0 Å². The molecule has 5 nitrogen and oxygen atoms in total. The van der Waals surface area contributed by atoms with Crippen molar-refractivity contribution in [3.05, 3.63) is 65.1 Å². The third kappa shape index (κ3) is 4.34. The Morgan fingerprint density at radius 2 is 2.06 bits per heavy atom. The number of nitrogens with one attached hydrogen (secondary N) is 1. The molecule has 0 saturated heterocycles. The summed E-state index contributed by atoms with van der Waals surface area (Å²) in [4.78, 5) is 13.8. The van der Waals surface area contributed by atoms with Gasteiger partial charge in [0.05, 0.1) is 12.2 Å². The number of phenolic OH excluding ortho intramolecular Hbond substituents is 1. The zero-order chi connectivity index (χ0) is 22.0. The van der Waals surface area contributed by atoms with Crippen LogP contribution in [-0.2, 0) is 17.5 Å². The first-order chi connectivity index (χ1) is 15.0. The van der Waals surface area contributed by atoms with Gasteiger partial charge in [0, 0.05) is 46.4 Å². The van der Waals surface area contributed by atoms with E-state index in [1.54, 1.807) is 25.1 Å². The Labute approximate surface area is 184 Å². The molecule has 0 radical (unpaired) electrons. The summed E-state index contributed by atoms with van der Waals surface area (Å²) in [6.07, 6.45) is 2.92. The van der Waals surface area contributed by atoms with Crippen molar-refractivity contribution in [2.75, 3.05) is 19.7 Å². The number of nitrogens with zero attached hydrogens (tertiary/aromatic N) is 1. The Balaban J connectivity index is 1.80. The van der Waals surface area contributed by atoms with Crippen LogP contribution in [0.5, 0.6) is 5.75 Å². The van der Waals surface area contributed by atoms with Crippen LogP contribution in [-0.4, -0.2) is 35.3 Å². The topological polar surface area (TPSA) is 63.5 Å². The number of rotatable bonds is 6. The maximum atomic E-state index is 13.2. The van der Waals surface area contributed by atoms with E-state index in [0.717, 1.165) is 46.8 Å². The maximum Gasteiger partial charge on any atom is 0.340 e. The summed E-state index contributed by atoms with van der Waals surface area (Å²) >= 11 is 1.52. The van der Waals surface area contributed by atoms with Crippen molar-refractivity contribution in [1.82, 2.24) is 9.88 Å². The Hall–Kier alpha value is -2.77. The summed E-state index contributed by atoms with van der Waals surface area (Å²) in [5.74, 6) is -0.0183. The molecule has 0 amide bonds. The predicted molar refractivity (Wildman–Crippen MR) is 122 cm³/mol. The molecular formula is C24H25FN2O3S. The fourth-order valence-electron chi connectivity index (χ4n) is 3.93. The van der Waals surface area contributed by atoms with Crippen LogP contribution in [0.2, 0.25) is 0 Å². The molecule has 0 bridgehead atoms. The molecule has 2 heterocycles. The van der Waals surface area contributed by atoms with E-state index in [1.165, 1.54) is 23.9 Å². The van der Waals surface area contributed by atoms with E-state index < -0.39 is 5.97 Å². The molecule has 0 unspecified atom stereocenters. The minimum absolute atomic E-state index is 0.162. The highest BCUT2D eigenvalue weighted by Crippen LogP contribution is 2.38. The van der Waals surface area contributed by atoms with Gasteiger partial charge < -0.3 is 19.7 Å². The molecule has 31 heavy (non-hydrogen) atoms. The van der Waals surface area contributed by atoms with Crippen LogP contribution in [0.25, 0.3) is 16.5 Å². The van der Waals surface area contributed by atoms with Gasteiger partial charge in [0.15, 0.2) is 0 Å². The second-order valence-electron chi connectivity index (χ2n) is 7.41. The molecule has 3 aromatic rings. The Bertz CT molecular complexity index is 1150. The van der Waals surface area contributed by atoms with Crippen LogP contribution in [0, 0.1) is 5.82 Å². The molecule has 1 aromatic heterocycles. The second-order valence-corrected chi connectivity index (χ2v) is 8.46. The minimum Gasteiger partial charge on any atom is -0.507 e.